The normalized spacial score (nSPS) is 14.1. The van der Waals surface area contributed by atoms with Gasteiger partial charge in [-0.25, -0.2) is 9.37 Å². The van der Waals surface area contributed by atoms with Gasteiger partial charge >= 0.3 is 0 Å². The number of benzene rings is 2. The molecule has 3 aromatic rings. The highest BCUT2D eigenvalue weighted by Crippen LogP contribution is 2.32. The van der Waals surface area contributed by atoms with E-state index in [1.165, 1.54) is 6.07 Å². The van der Waals surface area contributed by atoms with Gasteiger partial charge in [-0.3, -0.25) is 0 Å². The quantitative estimate of drug-likeness (QED) is 0.582. The summed E-state index contributed by atoms with van der Waals surface area (Å²) in [7, 11) is 0. The molecular formula is C23H28Cl2FN3O2. The van der Waals surface area contributed by atoms with E-state index in [1.54, 1.807) is 6.07 Å². The largest absolute Gasteiger partial charge is 0.488 e. The fourth-order valence-electron chi connectivity index (χ4n) is 3.78. The summed E-state index contributed by atoms with van der Waals surface area (Å²) in [5.74, 6) is 0.637. The molecule has 0 bridgehead atoms. The van der Waals surface area contributed by atoms with Crippen LogP contribution in [0, 0.1) is 5.82 Å². The first-order valence-electron chi connectivity index (χ1n) is 10.1. The second-order valence-corrected chi connectivity index (χ2v) is 7.19. The van der Waals surface area contributed by atoms with E-state index in [4.69, 9.17) is 14.8 Å². The van der Waals surface area contributed by atoms with Gasteiger partial charge in [0.1, 0.15) is 12.4 Å². The lowest BCUT2D eigenvalue weighted by molar-refractivity contribution is 0.196. The molecule has 1 saturated heterocycles. The highest BCUT2D eigenvalue weighted by atomic mass is 35.5. The Morgan fingerprint density at radius 3 is 2.45 bits per heavy atom. The molecule has 0 atom stereocenters. The van der Waals surface area contributed by atoms with Crippen molar-refractivity contribution < 1.29 is 14.2 Å². The van der Waals surface area contributed by atoms with Gasteiger partial charge in [0.25, 0.3) is 0 Å². The Hall–Kier alpha value is -2.12. The third kappa shape index (κ3) is 5.57. The van der Waals surface area contributed by atoms with Gasteiger partial charge in [-0.05, 0) is 36.2 Å². The molecule has 1 aromatic heterocycles. The Bertz CT molecular complexity index is 998. The minimum atomic E-state index is -0.455. The van der Waals surface area contributed by atoms with Crippen molar-refractivity contribution in [3.8, 4) is 17.0 Å². The number of likely N-dealkylation sites (N-methyl/N-ethyl adjacent to an activating group) is 1. The Kier molecular flexibility index (Phi) is 9.32. The van der Waals surface area contributed by atoms with E-state index in [2.05, 4.69) is 28.9 Å². The number of rotatable bonds is 6. The standard InChI is InChI=1S/C23H26FN3O2.2ClH/c1-2-26-9-11-27(12-10-26)23-19-6-4-3-5-17(19)16-21(25-23)18-7-8-22(20(24)15-18)29-14-13-28;;/h3-8,15-16,28H,2,9-14H2,1H3;2*1H. The van der Waals surface area contributed by atoms with E-state index >= 15 is 0 Å². The molecular weight excluding hydrogens is 440 g/mol. The zero-order chi connectivity index (χ0) is 20.2. The fraction of sp³-hybridized carbons (Fsp3) is 0.348. The van der Waals surface area contributed by atoms with Gasteiger partial charge in [0.2, 0.25) is 0 Å². The Morgan fingerprint density at radius 1 is 1.03 bits per heavy atom. The first-order valence-corrected chi connectivity index (χ1v) is 10.1. The highest BCUT2D eigenvalue weighted by Gasteiger charge is 2.20. The summed E-state index contributed by atoms with van der Waals surface area (Å²) >= 11 is 0. The minimum Gasteiger partial charge on any atom is -0.488 e. The molecule has 0 amide bonds. The number of aromatic nitrogens is 1. The number of fused-ring (bicyclic) bond motifs is 1. The number of aliphatic hydroxyl groups excluding tert-OH is 1. The van der Waals surface area contributed by atoms with Crippen LogP contribution in [0.25, 0.3) is 22.0 Å². The molecule has 2 aromatic carbocycles. The molecule has 1 aliphatic heterocycles. The SMILES string of the molecule is CCN1CCN(c2nc(-c3ccc(OCCO)c(F)c3)cc3ccccc23)CC1.Cl.Cl. The van der Waals surface area contributed by atoms with Crippen LogP contribution in [0.5, 0.6) is 5.75 Å². The van der Waals surface area contributed by atoms with Gasteiger partial charge < -0.3 is 19.6 Å². The molecule has 8 heteroatoms. The first kappa shape index (κ1) is 25.1. The number of aliphatic hydroxyl groups is 1. The summed E-state index contributed by atoms with van der Waals surface area (Å²) in [5.41, 5.74) is 1.45. The van der Waals surface area contributed by atoms with Crippen molar-refractivity contribution in [3.05, 3.63) is 54.3 Å². The molecule has 0 radical (unpaired) electrons. The van der Waals surface area contributed by atoms with Crippen molar-refractivity contribution in [2.45, 2.75) is 6.92 Å². The lowest BCUT2D eigenvalue weighted by atomic mass is 10.1. The predicted molar refractivity (Wildman–Crippen MR) is 129 cm³/mol. The van der Waals surface area contributed by atoms with Crippen molar-refractivity contribution in [2.75, 3.05) is 50.8 Å². The van der Waals surface area contributed by atoms with Gasteiger partial charge in [-0.15, -0.1) is 24.8 Å². The first-order chi connectivity index (χ1) is 14.2. The van der Waals surface area contributed by atoms with E-state index < -0.39 is 5.82 Å². The third-order valence-corrected chi connectivity index (χ3v) is 5.42. The van der Waals surface area contributed by atoms with Crippen molar-refractivity contribution in [1.29, 1.82) is 0 Å². The van der Waals surface area contributed by atoms with Crippen LogP contribution < -0.4 is 9.64 Å². The van der Waals surface area contributed by atoms with Gasteiger partial charge in [0.15, 0.2) is 11.6 Å². The van der Waals surface area contributed by atoms with Crippen molar-refractivity contribution >= 4 is 41.4 Å². The highest BCUT2D eigenvalue weighted by molar-refractivity contribution is 5.95. The summed E-state index contributed by atoms with van der Waals surface area (Å²) in [5, 5.41) is 11.1. The molecule has 168 valence electrons. The molecule has 31 heavy (non-hydrogen) atoms. The topological polar surface area (TPSA) is 48.8 Å². The van der Waals surface area contributed by atoms with Gasteiger partial charge in [-0.1, -0.05) is 31.2 Å². The number of piperazine rings is 1. The van der Waals surface area contributed by atoms with Crippen LogP contribution in [0.1, 0.15) is 6.92 Å². The lowest BCUT2D eigenvalue weighted by Crippen LogP contribution is -2.46. The van der Waals surface area contributed by atoms with Gasteiger partial charge in [-0.2, -0.15) is 0 Å². The summed E-state index contributed by atoms with van der Waals surface area (Å²) in [4.78, 5) is 9.70. The lowest BCUT2D eigenvalue weighted by Gasteiger charge is -2.35. The van der Waals surface area contributed by atoms with Crippen LogP contribution in [0.4, 0.5) is 10.2 Å². The van der Waals surface area contributed by atoms with Crippen LogP contribution >= 0.6 is 24.8 Å². The van der Waals surface area contributed by atoms with Crippen LogP contribution in [0.15, 0.2) is 48.5 Å². The van der Waals surface area contributed by atoms with Crippen molar-refractivity contribution in [2.24, 2.45) is 0 Å². The second kappa shape index (κ2) is 11.5. The summed E-state index contributed by atoms with van der Waals surface area (Å²) in [6.45, 7) is 7.05. The fourth-order valence-corrected chi connectivity index (χ4v) is 3.78. The maximum absolute atomic E-state index is 14.5. The molecule has 1 fully saturated rings. The number of hydrogen-bond donors (Lipinski definition) is 1. The van der Waals surface area contributed by atoms with E-state index in [0.29, 0.717) is 5.56 Å². The minimum absolute atomic E-state index is 0. The monoisotopic (exact) mass is 467 g/mol. The molecule has 1 aliphatic rings. The molecule has 2 heterocycles. The number of halogens is 3. The summed E-state index contributed by atoms with van der Waals surface area (Å²) in [6.07, 6.45) is 0. The predicted octanol–water partition coefficient (Wildman–Crippen LogP) is 4.40. The van der Waals surface area contributed by atoms with E-state index in [1.807, 2.05) is 24.3 Å². The van der Waals surface area contributed by atoms with Crippen LogP contribution in [0.3, 0.4) is 0 Å². The molecule has 4 rings (SSSR count). The zero-order valence-corrected chi connectivity index (χ0v) is 19.1. The molecule has 0 aliphatic carbocycles. The van der Waals surface area contributed by atoms with Crippen LogP contribution in [-0.2, 0) is 0 Å². The maximum atomic E-state index is 14.5. The zero-order valence-electron chi connectivity index (χ0n) is 17.5. The Balaban J connectivity index is 0.00000171. The number of pyridine rings is 1. The van der Waals surface area contributed by atoms with Gasteiger partial charge in [0, 0.05) is 37.1 Å². The Morgan fingerprint density at radius 2 is 1.77 bits per heavy atom. The van der Waals surface area contributed by atoms with Crippen LogP contribution in [0.2, 0.25) is 0 Å². The molecule has 5 nitrogen and oxygen atoms in total. The third-order valence-electron chi connectivity index (χ3n) is 5.42. The number of anilines is 1. The average Bonchev–Trinajstić information content (AvgIpc) is 2.77. The number of nitrogens with zero attached hydrogens (tertiary/aromatic N) is 3. The molecule has 0 unspecified atom stereocenters. The average molecular weight is 468 g/mol. The van der Waals surface area contributed by atoms with E-state index in [-0.39, 0.29) is 43.8 Å². The van der Waals surface area contributed by atoms with Gasteiger partial charge in [0.05, 0.1) is 12.3 Å². The summed E-state index contributed by atoms with van der Waals surface area (Å²) in [6, 6.07) is 15.1. The number of ether oxygens (including phenoxy) is 1. The maximum Gasteiger partial charge on any atom is 0.165 e. The molecule has 1 N–H and O–H groups in total. The molecule has 0 saturated carbocycles. The van der Waals surface area contributed by atoms with Crippen LogP contribution in [-0.4, -0.2) is 60.9 Å². The van der Waals surface area contributed by atoms with Crippen molar-refractivity contribution in [3.63, 3.8) is 0 Å². The van der Waals surface area contributed by atoms with E-state index in [9.17, 15) is 4.39 Å². The van der Waals surface area contributed by atoms with Crippen molar-refractivity contribution in [1.82, 2.24) is 9.88 Å². The van der Waals surface area contributed by atoms with E-state index in [0.717, 1.165) is 55.0 Å². The molecule has 0 spiro atoms. The smallest absolute Gasteiger partial charge is 0.165 e. The summed E-state index contributed by atoms with van der Waals surface area (Å²) < 4.78 is 19.7. The number of hydrogen-bond acceptors (Lipinski definition) is 5. The second-order valence-electron chi connectivity index (χ2n) is 7.19. The Labute approximate surface area is 194 Å².